The van der Waals surface area contributed by atoms with E-state index in [1.54, 1.807) is 0 Å². The summed E-state index contributed by atoms with van der Waals surface area (Å²) >= 11 is 0. The topological polar surface area (TPSA) is 44.5 Å². The molecular weight excluding hydrogens is 164 g/mol. The van der Waals surface area contributed by atoms with E-state index in [-0.39, 0.29) is 0 Å². The van der Waals surface area contributed by atoms with Gasteiger partial charge in [0.05, 0.1) is 0 Å². The van der Waals surface area contributed by atoms with Crippen LogP contribution in [0.4, 0.5) is 0 Å². The van der Waals surface area contributed by atoms with Gasteiger partial charge in [0, 0.05) is 45.3 Å². The van der Waals surface area contributed by atoms with Gasteiger partial charge in [-0.2, -0.15) is 0 Å². The maximum absolute atomic E-state index is 5.70. The molecule has 0 amide bonds. The first-order valence-electron chi connectivity index (χ1n) is 5.03. The molecule has 0 radical (unpaired) electrons. The van der Waals surface area contributed by atoms with E-state index in [0.717, 1.165) is 39.3 Å². The van der Waals surface area contributed by atoms with Gasteiger partial charge in [0.25, 0.3) is 0 Å². The molecule has 1 aliphatic heterocycles. The lowest BCUT2D eigenvalue weighted by Crippen LogP contribution is -2.55. The van der Waals surface area contributed by atoms with E-state index in [1.165, 1.54) is 0 Å². The van der Waals surface area contributed by atoms with Crippen LogP contribution in [0.1, 0.15) is 0 Å². The molecule has 1 saturated heterocycles. The highest BCUT2D eigenvalue weighted by atomic mass is 15.2. The smallest absolute Gasteiger partial charge is 0.0344 e. The molecular formula is C9H22N4. The lowest BCUT2D eigenvalue weighted by atomic mass is 10.2. The second kappa shape index (κ2) is 5.54. The second-order valence-corrected chi connectivity index (χ2v) is 3.93. The van der Waals surface area contributed by atoms with Gasteiger partial charge >= 0.3 is 0 Å². The molecule has 3 N–H and O–H groups in total. The molecule has 0 aromatic heterocycles. The van der Waals surface area contributed by atoms with Crippen LogP contribution in [0.15, 0.2) is 0 Å². The van der Waals surface area contributed by atoms with Gasteiger partial charge in [-0.15, -0.1) is 0 Å². The summed E-state index contributed by atoms with van der Waals surface area (Å²) in [5, 5.41) is 3.37. The molecule has 13 heavy (non-hydrogen) atoms. The van der Waals surface area contributed by atoms with Crippen LogP contribution in [0, 0.1) is 0 Å². The fourth-order valence-corrected chi connectivity index (χ4v) is 1.66. The lowest BCUT2D eigenvalue weighted by Gasteiger charge is -2.36. The minimum atomic E-state index is 0.536. The van der Waals surface area contributed by atoms with Gasteiger partial charge in [-0.1, -0.05) is 0 Å². The molecule has 1 aliphatic rings. The number of piperazine rings is 1. The third-order valence-electron chi connectivity index (χ3n) is 2.58. The SMILES string of the molecule is CN(C)CCN1CCNCC1CN. The first kappa shape index (κ1) is 10.9. The normalized spacial score (nSPS) is 25.4. The maximum Gasteiger partial charge on any atom is 0.0344 e. The minimum absolute atomic E-state index is 0.536. The first-order valence-corrected chi connectivity index (χ1v) is 5.03. The second-order valence-electron chi connectivity index (χ2n) is 3.93. The third kappa shape index (κ3) is 3.60. The third-order valence-corrected chi connectivity index (χ3v) is 2.58. The van der Waals surface area contributed by atoms with E-state index in [2.05, 4.69) is 29.2 Å². The van der Waals surface area contributed by atoms with Crippen molar-refractivity contribution in [3.05, 3.63) is 0 Å². The molecule has 4 heteroatoms. The van der Waals surface area contributed by atoms with E-state index in [0.29, 0.717) is 6.04 Å². The highest BCUT2D eigenvalue weighted by molar-refractivity contribution is 4.80. The Hall–Kier alpha value is -0.160. The van der Waals surface area contributed by atoms with E-state index < -0.39 is 0 Å². The quantitative estimate of drug-likeness (QED) is 0.578. The van der Waals surface area contributed by atoms with Crippen LogP contribution >= 0.6 is 0 Å². The summed E-state index contributed by atoms with van der Waals surface area (Å²) in [6.07, 6.45) is 0. The van der Waals surface area contributed by atoms with Crippen molar-refractivity contribution in [1.82, 2.24) is 15.1 Å². The number of nitrogens with two attached hydrogens (primary N) is 1. The summed E-state index contributed by atoms with van der Waals surface area (Å²) in [4.78, 5) is 4.70. The molecule has 0 aromatic rings. The molecule has 1 heterocycles. The van der Waals surface area contributed by atoms with E-state index in [9.17, 15) is 0 Å². The molecule has 1 unspecified atom stereocenters. The summed E-state index contributed by atoms with van der Waals surface area (Å²) in [7, 11) is 4.22. The van der Waals surface area contributed by atoms with E-state index >= 15 is 0 Å². The van der Waals surface area contributed by atoms with Crippen molar-refractivity contribution in [2.24, 2.45) is 5.73 Å². The highest BCUT2D eigenvalue weighted by Gasteiger charge is 2.19. The fraction of sp³-hybridized carbons (Fsp3) is 1.00. The molecule has 78 valence electrons. The highest BCUT2D eigenvalue weighted by Crippen LogP contribution is 2.00. The molecule has 1 fully saturated rings. The predicted octanol–water partition coefficient (Wildman–Crippen LogP) is -1.22. The number of nitrogens with zero attached hydrogens (tertiary/aromatic N) is 2. The lowest BCUT2D eigenvalue weighted by molar-refractivity contribution is 0.152. The van der Waals surface area contributed by atoms with Crippen LogP contribution in [-0.2, 0) is 0 Å². The molecule has 1 atom stereocenters. The van der Waals surface area contributed by atoms with Crippen LogP contribution in [0.5, 0.6) is 0 Å². The van der Waals surface area contributed by atoms with Crippen molar-refractivity contribution >= 4 is 0 Å². The van der Waals surface area contributed by atoms with E-state index in [1.807, 2.05) is 0 Å². The average Bonchev–Trinajstić information content (AvgIpc) is 2.15. The van der Waals surface area contributed by atoms with Gasteiger partial charge in [0.2, 0.25) is 0 Å². The summed E-state index contributed by atoms with van der Waals surface area (Å²) in [6, 6.07) is 0.536. The Balaban J connectivity index is 2.27. The van der Waals surface area contributed by atoms with Crippen molar-refractivity contribution in [2.45, 2.75) is 6.04 Å². The van der Waals surface area contributed by atoms with Crippen molar-refractivity contribution in [3.8, 4) is 0 Å². The zero-order chi connectivity index (χ0) is 9.68. The molecule has 0 aromatic carbocycles. The monoisotopic (exact) mass is 186 g/mol. The van der Waals surface area contributed by atoms with Gasteiger partial charge in [-0.25, -0.2) is 0 Å². The van der Waals surface area contributed by atoms with Crippen molar-refractivity contribution < 1.29 is 0 Å². The first-order chi connectivity index (χ1) is 6.24. The maximum atomic E-state index is 5.70. The van der Waals surface area contributed by atoms with Crippen LogP contribution in [0.2, 0.25) is 0 Å². The number of rotatable bonds is 4. The number of nitrogens with one attached hydrogen (secondary N) is 1. The largest absolute Gasteiger partial charge is 0.329 e. The van der Waals surface area contributed by atoms with Crippen LogP contribution in [0.3, 0.4) is 0 Å². The van der Waals surface area contributed by atoms with Crippen LogP contribution in [0.25, 0.3) is 0 Å². The molecule has 1 rings (SSSR count). The number of hydrogen-bond acceptors (Lipinski definition) is 4. The zero-order valence-electron chi connectivity index (χ0n) is 8.79. The molecule has 0 saturated carbocycles. The summed E-state index contributed by atoms with van der Waals surface area (Å²) in [6.45, 7) is 6.30. The predicted molar refractivity (Wildman–Crippen MR) is 55.8 cm³/mol. The fourth-order valence-electron chi connectivity index (χ4n) is 1.66. The van der Waals surface area contributed by atoms with Gasteiger partial charge in [0.15, 0.2) is 0 Å². The Bertz CT molecular complexity index is 138. The molecule has 0 aliphatic carbocycles. The minimum Gasteiger partial charge on any atom is -0.329 e. The van der Waals surface area contributed by atoms with Crippen molar-refractivity contribution in [3.63, 3.8) is 0 Å². The molecule has 4 nitrogen and oxygen atoms in total. The van der Waals surface area contributed by atoms with Gasteiger partial charge in [-0.3, -0.25) is 4.90 Å². The Labute approximate surface area is 81.1 Å². The summed E-state index contributed by atoms with van der Waals surface area (Å²) < 4.78 is 0. The molecule has 0 spiro atoms. The van der Waals surface area contributed by atoms with Crippen molar-refractivity contribution in [1.29, 1.82) is 0 Å². The number of likely N-dealkylation sites (N-methyl/N-ethyl adjacent to an activating group) is 1. The summed E-state index contributed by atoms with van der Waals surface area (Å²) in [5.41, 5.74) is 5.70. The number of hydrogen-bond donors (Lipinski definition) is 2. The Morgan fingerprint density at radius 2 is 2.31 bits per heavy atom. The Kier molecular flexibility index (Phi) is 4.66. The average molecular weight is 186 g/mol. The van der Waals surface area contributed by atoms with E-state index in [4.69, 9.17) is 5.73 Å². The van der Waals surface area contributed by atoms with Crippen molar-refractivity contribution in [2.75, 3.05) is 53.4 Å². The zero-order valence-corrected chi connectivity index (χ0v) is 8.79. The molecule has 0 bridgehead atoms. The van der Waals surface area contributed by atoms with Gasteiger partial charge < -0.3 is 16.0 Å². The van der Waals surface area contributed by atoms with Gasteiger partial charge in [0.1, 0.15) is 0 Å². The Morgan fingerprint density at radius 3 is 2.92 bits per heavy atom. The standard InChI is InChI=1S/C9H22N4/c1-12(2)5-6-13-4-3-11-8-9(13)7-10/h9,11H,3-8,10H2,1-2H3. The van der Waals surface area contributed by atoms with Crippen LogP contribution < -0.4 is 11.1 Å². The van der Waals surface area contributed by atoms with Gasteiger partial charge in [-0.05, 0) is 14.1 Å². The van der Waals surface area contributed by atoms with Crippen LogP contribution in [-0.4, -0.2) is 69.2 Å². The Morgan fingerprint density at radius 1 is 1.54 bits per heavy atom. The summed E-state index contributed by atoms with van der Waals surface area (Å²) in [5.74, 6) is 0.